The molecule has 0 bridgehead atoms. The number of rotatable bonds is 8. The van der Waals surface area contributed by atoms with Crippen LogP contribution < -0.4 is 8.25 Å². The van der Waals surface area contributed by atoms with Gasteiger partial charge in [0.25, 0.3) is 0 Å². The lowest BCUT2D eigenvalue weighted by Crippen LogP contribution is -2.20. The number of thioether (sulfide) groups is 2. The Bertz CT molecular complexity index is 1260. The first-order chi connectivity index (χ1) is 16.2. The summed E-state index contributed by atoms with van der Waals surface area (Å²) >= 11 is 14.5. The van der Waals surface area contributed by atoms with Crippen molar-refractivity contribution in [3.8, 4) is 0 Å². The molecule has 0 saturated carbocycles. The Balaban J connectivity index is 1.61. The minimum Gasteiger partial charge on any atom is -0.206 e. The predicted octanol–water partition coefficient (Wildman–Crippen LogP) is 5.69. The van der Waals surface area contributed by atoms with Crippen LogP contribution in [-0.2, 0) is 20.0 Å². The molecule has 0 unspecified atom stereocenters. The smallest absolute Gasteiger partial charge is 0.206 e. The van der Waals surface area contributed by atoms with Crippen molar-refractivity contribution in [1.82, 2.24) is 8.25 Å². The molecule has 0 spiro atoms. The standard InChI is InChI=1S/C20H16N2O4S8/c23-33(24,21-31-19(27)29-15-8-3-1-4-9-15)17-12-7-13-18(14-17)34(25,26)22-32-20(28)30-16-10-5-2-6-11-16/h1-14,21-22H. The van der Waals surface area contributed by atoms with Crippen LogP contribution in [0.2, 0.25) is 0 Å². The SMILES string of the molecule is O=S(=O)(NSC(=S)Sc1ccccc1)c1cccc(S(=O)(=O)NSC(=S)Sc2ccccc2)c1. The van der Waals surface area contributed by atoms with Crippen LogP contribution in [0.15, 0.2) is 105 Å². The van der Waals surface area contributed by atoms with Crippen molar-refractivity contribution < 1.29 is 16.8 Å². The van der Waals surface area contributed by atoms with Crippen molar-refractivity contribution >= 4 is 99.0 Å². The van der Waals surface area contributed by atoms with E-state index in [9.17, 15) is 16.8 Å². The van der Waals surface area contributed by atoms with Crippen LogP contribution in [0, 0.1) is 0 Å². The molecule has 3 aromatic rings. The summed E-state index contributed by atoms with van der Waals surface area (Å²) in [6.45, 7) is 0. The maximum Gasteiger partial charge on any atom is 0.250 e. The van der Waals surface area contributed by atoms with E-state index < -0.39 is 20.0 Å². The average molecular weight is 605 g/mol. The van der Waals surface area contributed by atoms with Crippen LogP contribution in [0.1, 0.15) is 0 Å². The molecule has 2 N–H and O–H groups in total. The van der Waals surface area contributed by atoms with Gasteiger partial charge in [0.15, 0.2) is 0 Å². The minimum atomic E-state index is -4.02. The van der Waals surface area contributed by atoms with Gasteiger partial charge in [-0.2, -0.15) is 0 Å². The second-order valence-electron chi connectivity index (χ2n) is 6.18. The number of sulfonamides is 2. The third-order valence-electron chi connectivity index (χ3n) is 3.78. The zero-order valence-electron chi connectivity index (χ0n) is 17.0. The fourth-order valence-corrected chi connectivity index (χ4v) is 9.32. The molecule has 0 saturated heterocycles. The van der Waals surface area contributed by atoms with Crippen molar-refractivity contribution in [3.05, 3.63) is 84.9 Å². The van der Waals surface area contributed by atoms with E-state index in [0.717, 1.165) is 39.8 Å². The first kappa shape index (κ1) is 27.6. The lowest BCUT2D eigenvalue weighted by atomic mass is 10.4. The highest BCUT2D eigenvalue weighted by molar-refractivity contribution is 8.48. The molecule has 178 valence electrons. The molecule has 0 heterocycles. The summed E-state index contributed by atoms with van der Waals surface area (Å²) in [5.74, 6) is 0. The highest BCUT2D eigenvalue weighted by atomic mass is 32.3. The molecule has 0 aromatic heterocycles. The summed E-state index contributed by atoms with van der Waals surface area (Å²) in [5, 5.41) is 0. The summed E-state index contributed by atoms with van der Waals surface area (Å²) in [7, 11) is -8.04. The van der Waals surface area contributed by atoms with E-state index in [-0.39, 0.29) is 9.79 Å². The molecule has 34 heavy (non-hydrogen) atoms. The van der Waals surface area contributed by atoms with E-state index in [0.29, 0.717) is 7.06 Å². The van der Waals surface area contributed by atoms with E-state index in [4.69, 9.17) is 24.4 Å². The topological polar surface area (TPSA) is 92.3 Å². The van der Waals surface area contributed by atoms with Crippen LogP contribution in [0.4, 0.5) is 0 Å². The van der Waals surface area contributed by atoms with Crippen LogP contribution in [0.5, 0.6) is 0 Å². The summed E-state index contributed by atoms with van der Waals surface area (Å²) < 4.78 is 56.1. The molecular weight excluding hydrogens is 589 g/mol. The molecule has 0 radical (unpaired) electrons. The molecule has 0 atom stereocenters. The Hall–Kier alpha value is -0.940. The Labute approximate surface area is 226 Å². The molecule has 0 aliphatic heterocycles. The van der Waals surface area contributed by atoms with Crippen molar-refractivity contribution in [2.24, 2.45) is 0 Å². The van der Waals surface area contributed by atoms with Gasteiger partial charge in [-0.05, 0) is 66.4 Å². The predicted molar refractivity (Wildman–Crippen MR) is 152 cm³/mol. The average Bonchev–Trinajstić information content (AvgIpc) is 2.83. The summed E-state index contributed by atoms with van der Waals surface area (Å²) in [6.07, 6.45) is 0. The van der Waals surface area contributed by atoms with Crippen LogP contribution in [0.3, 0.4) is 0 Å². The van der Waals surface area contributed by atoms with Gasteiger partial charge in [-0.1, -0.05) is 90.4 Å². The lowest BCUT2D eigenvalue weighted by Gasteiger charge is -2.10. The molecule has 14 heteroatoms. The molecule has 0 amide bonds. The first-order valence-corrected chi connectivity index (χ1v) is 16.2. The van der Waals surface area contributed by atoms with Gasteiger partial charge in [0, 0.05) is 9.79 Å². The van der Waals surface area contributed by atoms with E-state index in [1.165, 1.54) is 41.7 Å². The zero-order valence-corrected chi connectivity index (χ0v) is 23.5. The number of nitrogens with one attached hydrogen (secondary N) is 2. The van der Waals surface area contributed by atoms with Gasteiger partial charge in [-0.3, -0.25) is 0 Å². The second kappa shape index (κ2) is 12.9. The van der Waals surface area contributed by atoms with Crippen molar-refractivity contribution in [3.63, 3.8) is 0 Å². The van der Waals surface area contributed by atoms with E-state index in [1.807, 2.05) is 60.7 Å². The molecule has 6 nitrogen and oxygen atoms in total. The fourth-order valence-electron chi connectivity index (χ4n) is 2.29. The van der Waals surface area contributed by atoms with E-state index in [1.54, 1.807) is 0 Å². The monoisotopic (exact) mass is 604 g/mol. The quantitative estimate of drug-likeness (QED) is 0.190. The van der Waals surface area contributed by atoms with Gasteiger partial charge < -0.3 is 0 Å². The summed E-state index contributed by atoms with van der Waals surface area (Å²) in [4.78, 5) is 1.33. The van der Waals surface area contributed by atoms with Gasteiger partial charge >= 0.3 is 0 Å². The van der Waals surface area contributed by atoms with Gasteiger partial charge in [0.05, 0.1) is 9.79 Å². The van der Waals surface area contributed by atoms with Crippen molar-refractivity contribution in [1.29, 1.82) is 0 Å². The zero-order chi connectivity index (χ0) is 24.6. The Morgan fingerprint density at radius 2 is 0.971 bits per heavy atom. The first-order valence-electron chi connectivity index (χ1n) is 9.17. The number of hydrogen-bond acceptors (Lipinski definition) is 10. The maximum atomic E-state index is 12.7. The number of hydrogen-bond donors (Lipinski definition) is 2. The van der Waals surface area contributed by atoms with Crippen LogP contribution >= 0.6 is 71.9 Å². The molecule has 0 aliphatic carbocycles. The van der Waals surface area contributed by atoms with Gasteiger partial charge in [0.1, 0.15) is 7.06 Å². The Morgan fingerprint density at radius 3 is 1.35 bits per heavy atom. The maximum absolute atomic E-state index is 12.7. The van der Waals surface area contributed by atoms with Gasteiger partial charge in [-0.25, -0.2) is 16.8 Å². The van der Waals surface area contributed by atoms with E-state index >= 15 is 0 Å². The fraction of sp³-hybridized carbons (Fsp3) is 0. The molecule has 0 aliphatic rings. The van der Waals surface area contributed by atoms with Crippen LogP contribution in [-0.4, -0.2) is 23.9 Å². The molecule has 3 aromatic carbocycles. The van der Waals surface area contributed by atoms with Gasteiger partial charge in [0.2, 0.25) is 20.0 Å². The van der Waals surface area contributed by atoms with Gasteiger partial charge in [-0.15, -0.1) is 8.25 Å². The van der Waals surface area contributed by atoms with Crippen molar-refractivity contribution in [2.75, 3.05) is 0 Å². The Kier molecular flexibility index (Phi) is 10.4. The normalized spacial score (nSPS) is 11.8. The number of thiocarbonyl (C=S) groups is 2. The minimum absolute atomic E-state index is 0.207. The molecular formula is C20H16N2O4S8. The number of benzene rings is 3. The summed E-state index contributed by atoms with van der Waals surface area (Å²) in [5.41, 5.74) is 0. The highest BCUT2D eigenvalue weighted by Gasteiger charge is 2.21. The van der Waals surface area contributed by atoms with Crippen LogP contribution in [0.25, 0.3) is 0 Å². The summed E-state index contributed by atoms with van der Waals surface area (Å²) in [6, 6.07) is 23.6. The van der Waals surface area contributed by atoms with Crippen molar-refractivity contribution in [2.45, 2.75) is 19.6 Å². The second-order valence-corrected chi connectivity index (χ2v) is 16.2. The highest BCUT2D eigenvalue weighted by Crippen LogP contribution is 2.27. The largest absolute Gasteiger partial charge is 0.250 e. The lowest BCUT2D eigenvalue weighted by molar-refractivity contribution is 0.593. The van der Waals surface area contributed by atoms with E-state index in [2.05, 4.69) is 8.25 Å². The third-order valence-corrected chi connectivity index (χ3v) is 11.6. The Morgan fingerprint density at radius 1 is 0.588 bits per heavy atom. The third kappa shape index (κ3) is 8.62. The molecule has 3 rings (SSSR count). The molecule has 0 fully saturated rings.